The molecule has 0 bridgehead atoms. The molecule has 0 saturated carbocycles. The molecule has 2 nitrogen and oxygen atoms in total. The minimum atomic E-state index is 0.135. The van der Waals surface area contributed by atoms with E-state index in [1.54, 1.807) is 11.8 Å². The van der Waals surface area contributed by atoms with Crippen LogP contribution in [-0.2, 0) is 5.75 Å². The largest absolute Gasteiger partial charge is 0.384 e. The summed E-state index contributed by atoms with van der Waals surface area (Å²) in [5.41, 5.74) is 10.3. The second-order valence-electron chi connectivity index (χ2n) is 4.58. The summed E-state index contributed by atoms with van der Waals surface area (Å²) in [6.45, 7) is 4.19. The van der Waals surface area contributed by atoms with Gasteiger partial charge < -0.3 is 5.73 Å². The number of nitrogens with two attached hydrogens (primary N) is 1. The van der Waals surface area contributed by atoms with E-state index in [0.717, 1.165) is 16.2 Å². The monoisotopic (exact) mass is 270 g/mol. The molecule has 0 aliphatic carbocycles. The lowest BCUT2D eigenvalue weighted by atomic mass is 10.1. The third kappa shape index (κ3) is 3.18. The molecule has 0 heterocycles. The summed E-state index contributed by atoms with van der Waals surface area (Å²) in [6, 6.07) is 14.3. The van der Waals surface area contributed by atoms with Crippen molar-refractivity contribution in [3.63, 3.8) is 0 Å². The topological polar surface area (TPSA) is 49.9 Å². The van der Waals surface area contributed by atoms with Crippen molar-refractivity contribution in [3.05, 3.63) is 64.7 Å². The van der Waals surface area contributed by atoms with Crippen LogP contribution in [0.25, 0.3) is 0 Å². The van der Waals surface area contributed by atoms with Crippen LogP contribution >= 0.6 is 11.8 Å². The fourth-order valence-corrected chi connectivity index (χ4v) is 3.23. The van der Waals surface area contributed by atoms with Crippen molar-refractivity contribution < 1.29 is 0 Å². The average Bonchev–Trinajstić information content (AvgIpc) is 2.38. The molecular formula is C16H18N2S. The zero-order valence-electron chi connectivity index (χ0n) is 11.2. The van der Waals surface area contributed by atoms with Crippen molar-refractivity contribution >= 4 is 17.6 Å². The van der Waals surface area contributed by atoms with Crippen molar-refractivity contribution in [2.75, 3.05) is 0 Å². The van der Waals surface area contributed by atoms with E-state index in [4.69, 9.17) is 11.1 Å². The molecule has 2 aromatic carbocycles. The van der Waals surface area contributed by atoms with Gasteiger partial charge in [-0.25, -0.2) is 0 Å². The zero-order valence-corrected chi connectivity index (χ0v) is 12.1. The molecule has 3 N–H and O–H groups in total. The van der Waals surface area contributed by atoms with Crippen LogP contribution in [-0.4, -0.2) is 5.84 Å². The van der Waals surface area contributed by atoms with Gasteiger partial charge in [-0.2, -0.15) is 0 Å². The van der Waals surface area contributed by atoms with E-state index < -0.39 is 0 Å². The molecule has 0 radical (unpaired) electrons. The number of rotatable bonds is 4. The number of amidine groups is 1. The van der Waals surface area contributed by atoms with Gasteiger partial charge in [0.2, 0.25) is 0 Å². The second kappa shape index (κ2) is 5.93. The Bertz CT molecular complexity index is 605. The zero-order chi connectivity index (χ0) is 13.8. The van der Waals surface area contributed by atoms with Gasteiger partial charge in [-0.05, 0) is 30.5 Å². The Balaban J connectivity index is 2.25. The Morgan fingerprint density at radius 1 is 1.05 bits per heavy atom. The normalized spacial score (nSPS) is 10.4. The minimum absolute atomic E-state index is 0.135. The predicted octanol–water partition coefficient (Wildman–Crippen LogP) is 3.88. The van der Waals surface area contributed by atoms with Gasteiger partial charge in [-0.1, -0.05) is 42.5 Å². The van der Waals surface area contributed by atoms with Gasteiger partial charge in [0.15, 0.2) is 0 Å². The van der Waals surface area contributed by atoms with Crippen LogP contribution in [0.15, 0.2) is 47.4 Å². The summed E-state index contributed by atoms with van der Waals surface area (Å²) >= 11 is 1.75. The van der Waals surface area contributed by atoms with Crippen LogP contribution in [0.3, 0.4) is 0 Å². The van der Waals surface area contributed by atoms with Gasteiger partial charge in [0, 0.05) is 16.2 Å². The predicted molar refractivity (Wildman–Crippen MR) is 82.9 cm³/mol. The molecule has 2 rings (SSSR count). The summed E-state index contributed by atoms with van der Waals surface area (Å²) in [5.74, 6) is 1.04. The van der Waals surface area contributed by atoms with Gasteiger partial charge in [-0.15, -0.1) is 11.8 Å². The molecule has 0 aromatic heterocycles. The van der Waals surface area contributed by atoms with E-state index in [2.05, 4.69) is 44.2 Å². The smallest absolute Gasteiger partial charge is 0.123 e. The second-order valence-corrected chi connectivity index (χ2v) is 5.57. The molecular weight excluding hydrogens is 252 g/mol. The molecule has 0 fully saturated rings. The van der Waals surface area contributed by atoms with Crippen molar-refractivity contribution in [2.45, 2.75) is 24.5 Å². The number of benzene rings is 2. The summed E-state index contributed by atoms with van der Waals surface area (Å²) in [5, 5.41) is 7.66. The number of hydrogen-bond donors (Lipinski definition) is 2. The Morgan fingerprint density at radius 3 is 2.42 bits per heavy atom. The lowest BCUT2D eigenvalue weighted by molar-refractivity contribution is 1.24. The molecule has 98 valence electrons. The first-order valence-corrected chi connectivity index (χ1v) is 7.19. The molecule has 0 amide bonds. The van der Waals surface area contributed by atoms with Gasteiger partial charge in [0.05, 0.1) is 0 Å². The maximum absolute atomic E-state index is 7.66. The Hall–Kier alpha value is -1.74. The summed E-state index contributed by atoms with van der Waals surface area (Å²) in [6.07, 6.45) is 0. The van der Waals surface area contributed by atoms with Crippen molar-refractivity contribution in [1.29, 1.82) is 5.41 Å². The molecule has 3 heteroatoms. The van der Waals surface area contributed by atoms with Gasteiger partial charge in [-0.3, -0.25) is 5.41 Å². The molecule has 0 unspecified atom stereocenters. The lowest BCUT2D eigenvalue weighted by Gasteiger charge is -2.12. The maximum Gasteiger partial charge on any atom is 0.123 e. The number of nitrogen functional groups attached to an aromatic ring is 1. The number of thioether (sulfide) groups is 1. The van der Waals surface area contributed by atoms with Crippen molar-refractivity contribution in [1.82, 2.24) is 0 Å². The highest BCUT2D eigenvalue weighted by molar-refractivity contribution is 7.98. The van der Waals surface area contributed by atoms with Crippen LogP contribution in [0.2, 0.25) is 0 Å². The van der Waals surface area contributed by atoms with Crippen LogP contribution in [0.5, 0.6) is 0 Å². The Kier molecular flexibility index (Phi) is 4.27. The van der Waals surface area contributed by atoms with Crippen molar-refractivity contribution in [2.24, 2.45) is 5.73 Å². The summed E-state index contributed by atoms with van der Waals surface area (Å²) in [7, 11) is 0. The standard InChI is InChI=1S/C16H18N2S/c1-11-6-3-4-8-13(11)10-19-15-12(2)7-5-9-14(15)16(17)18/h3-9H,10H2,1-2H3,(H3,17,18). The van der Waals surface area contributed by atoms with Gasteiger partial charge in [0.25, 0.3) is 0 Å². The lowest BCUT2D eigenvalue weighted by Crippen LogP contribution is -2.12. The molecule has 19 heavy (non-hydrogen) atoms. The number of nitrogens with one attached hydrogen (secondary N) is 1. The van der Waals surface area contributed by atoms with Gasteiger partial charge >= 0.3 is 0 Å². The SMILES string of the molecule is Cc1ccccc1CSc1c(C)cccc1C(=N)N. The van der Waals surface area contributed by atoms with Crippen LogP contribution in [0.1, 0.15) is 22.3 Å². The minimum Gasteiger partial charge on any atom is -0.384 e. The Labute approximate surface area is 118 Å². The fraction of sp³-hybridized carbons (Fsp3) is 0.188. The first-order chi connectivity index (χ1) is 9.09. The van der Waals surface area contributed by atoms with E-state index >= 15 is 0 Å². The van der Waals surface area contributed by atoms with E-state index in [1.165, 1.54) is 16.7 Å². The first kappa shape index (κ1) is 13.7. The third-order valence-electron chi connectivity index (χ3n) is 3.14. The molecule has 0 saturated heterocycles. The highest BCUT2D eigenvalue weighted by Crippen LogP contribution is 2.30. The molecule has 0 aliphatic heterocycles. The molecule has 0 aliphatic rings. The Morgan fingerprint density at radius 2 is 1.74 bits per heavy atom. The van der Waals surface area contributed by atoms with Crippen LogP contribution in [0, 0.1) is 19.3 Å². The van der Waals surface area contributed by atoms with Crippen LogP contribution in [0.4, 0.5) is 0 Å². The summed E-state index contributed by atoms with van der Waals surface area (Å²) in [4.78, 5) is 1.11. The van der Waals surface area contributed by atoms with E-state index in [1.807, 2.05) is 12.1 Å². The van der Waals surface area contributed by atoms with E-state index in [0.29, 0.717) is 0 Å². The first-order valence-electron chi connectivity index (χ1n) is 6.21. The van der Waals surface area contributed by atoms with Crippen molar-refractivity contribution in [3.8, 4) is 0 Å². The summed E-state index contributed by atoms with van der Waals surface area (Å²) < 4.78 is 0. The fourth-order valence-electron chi connectivity index (χ4n) is 1.98. The van der Waals surface area contributed by atoms with E-state index in [9.17, 15) is 0 Å². The van der Waals surface area contributed by atoms with Crippen LogP contribution < -0.4 is 5.73 Å². The molecule has 0 atom stereocenters. The average molecular weight is 270 g/mol. The molecule has 2 aromatic rings. The highest BCUT2D eigenvalue weighted by Gasteiger charge is 2.09. The number of hydrogen-bond acceptors (Lipinski definition) is 2. The molecule has 0 spiro atoms. The van der Waals surface area contributed by atoms with E-state index in [-0.39, 0.29) is 5.84 Å². The third-order valence-corrected chi connectivity index (χ3v) is 4.42. The maximum atomic E-state index is 7.66. The number of aryl methyl sites for hydroxylation is 2. The highest BCUT2D eigenvalue weighted by atomic mass is 32.2. The van der Waals surface area contributed by atoms with Gasteiger partial charge in [0.1, 0.15) is 5.84 Å². The quantitative estimate of drug-likeness (QED) is 0.503.